The van der Waals surface area contributed by atoms with Crippen LogP contribution >= 0.6 is 0 Å². The highest BCUT2D eigenvalue weighted by Crippen LogP contribution is 2.28. The van der Waals surface area contributed by atoms with Crippen LogP contribution in [0.25, 0.3) is 0 Å². The molecule has 2 aliphatic rings. The number of likely N-dealkylation sites (tertiary alicyclic amines) is 2. The molecule has 7 heteroatoms. The van der Waals surface area contributed by atoms with Gasteiger partial charge in [0.1, 0.15) is 5.82 Å². The molecule has 2 aliphatic heterocycles. The SMILES string of the molecule is CC(C)(C)N1CC(C(=O)N2CCC(NC(=O)Cc3ccc(F)cc3)CC2)CC1=O. The third-order valence-corrected chi connectivity index (χ3v) is 5.73. The zero-order valence-corrected chi connectivity index (χ0v) is 17.4. The van der Waals surface area contributed by atoms with Crippen LogP contribution in [0, 0.1) is 11.7 Å². The van der Waals surface area contributed by atoms with Crippen LogP contribution in [0.3, 0.4) is 0 Å². The third-order valence-electron chi connectivity index (χ3n) is 5.73. The van der Waals surface area contributed by atoms with Gasteiger partial charge >= 0.3 is 0 Å². The number of amides is 3. The molecule has 3 amide bonds. The zero-order chi connectivity index (χ0) is 21.2. The van der Waals surface area contributed by atoms with Gasteiger partial charge in [0.15, 0.2) is 0 Å². The summed E-state index contributed by atoms with van der Waals surface area (Å²) >= 11 is 0. The van der Waals surface area contributed by atoms with Gasteiger partial charge in [-0.1, -0.05) is 12.1 Å². The van der Waals surface area contributed by atoms with E-state index in [1.165, 1.54) is 12.1 Å². The first-order chi connectivity index (χ1) is 13.6. The first-order valence-corrected chi connectivity index (χ1v) is 10.3. The molecule has 3 rings (SSSR count). The van der Waals surface area contributed by atoms with Gasteiger partial charge in [-0.2, -0.15) is 0 Å². The molecule has 1 unspecified atom stereocenters. The number of piperidine rings is 1. The Morgan fingerprint density at radius 3 is 2.31 bits per heavy atom. The van der Waals surface area contributed by atoms with Gasteiger partial charge in [-0.25, -0.2) is 4.39 Å². The van der Waals surface area contributed by atoms with E-state index in [4.69, 9.17) is 0 Å². The molecular formula is C22H30FN3O3. The molecule has 0 bridgehead atoms. The number of carbonyl (C=O) groups excluding carboxylic acids is 3. The van der Waals surface area contributed by atoms with Crippen LogP contribution in [-0.4, -0.2) is 58.7 Å². The van der Waals surface area contributed by atoms with Crippen molar-refractivity contribution in [1.82, 2.24) is 15.1 Å². The van der Waals surface area contributed by atoms with E-state index < -0.39 is 0 Å². The monoisotopic (exact) mass is 403 g/mol. The molecule has 0 spiro atoms. The average molecular weight is 403 g/mol. The van der Waals surface area contributed by atoms with Crippen LogP contribution in [0.1, 0.15) is 45.6 Å². The molecule has 158 valence electrons. The summed E-state index contributed by atoms with van der Waals surface area (Å²) in [5.41, 5.74) is 0.499. The van der Waals surface area contributed by atoms with Gasteiger partial charge in [0.2, 0.25) is 17.7 Å². The topological polar surface area (TPSA) is 69.7 Å². The fraction of sp³-hybridized carbons (Fsp3) is 0.591. The fourth-order valence-electron chi connectivity index (χ4n) is 4.09. The van der Waals surface area contributed by atoms with E-state index in [0.717, 1.165) is 5.56 Å². The van der Waals surface area contributed by atoms with E-state index in [-0.39, 0.29) is 53.9 Å². The normalized spacial score (nSPS) is 20.8. The molecule has 0 aliphatic carbocycles. The third kappa shape index (κ3) is 5.34. The Hall–Kier alpha value is -2.44. The minimum Gasteiger partial charge on any atom is -0.353 e. The first-order valence-electron chi connectivity index (χ1n) is 10.3. The van der Waals surface area contributed by atoms with E-state index >= 15 is 0 Å². The van der Waals surface area contributed by atoms with E-state index in [1.807, 2.05) is 25.7 Å². The molecule has 1 aromatic rings. The van der Waals surface area contributed by atoms with Crippen LogP contribution in [0.2, 0.25) is 0 Å². The predicted octanol–water partition coefficient (Wildman–Crippen LogP) is 2.12. The first kappa shape index (κ1) is 21.3. The van der Waals surface area contributed by atoms with E-state index in [0.29, 0.717) is 32.5 Å². The number of rotatable bonds is 4. The largest absolute Gasteiger partial charge is 0.353 e. The van der Waals surface area contributed by atoms with Crippen molar-refractivity contribution in [2.24, 2.45) is 5.92 Å². The Balaban J connectivity index is 1.45. The van der Waals surface area contributed by atoms with Crippen LogP contribution < -0.4 is 5.32 Å². The second-order valence-electron chi connectivity index (χ2n) is 9.05. The highest BCUT2D eigenvalue weighted by atomic mass is 19.1. The molecule has 0 radical (unpaired) electrons. The summed E-state index contributed by atoms with van der Waals surface area (Å²) in [7, 11) is 0. The van der Waals surface area contributed by atoms with Crippen molar-refractivity contribution < 1.29 is 18.8 Å². The molecule has 1 atom stereocenters. The van der Waals surface area contributed by atoms with Gasteiger partial charge in [-0.3, -0.25) is 14.4 Å². The van der Waals surface area contributed by atoms with E-state index in [2.05, 4.69) is 5.32 Å². The van der Waals surface area contributed by atoms with Crippen LogP contribution in [-0.2, 0) is 20.8 Å². The lowest BCUT2D eigenvalue weighted by atomic mass is 10.0. The van der Waals surface area contributed by atoms with Crippen LogP contribution in [0.4, 0.5) is 4.39 Å². The minimum absolute atomic E-state index is 0.0308. The van der Waals surface area contributed by atoms with Gasteiger partial charge in [0.25, 0.3) is 0 Å². The van der Waals surface area contributed by atoms with Gasteiger partial charge < -0.3 is 15.1 Å². The Morgan fingerprint density at radius 2 is 1.76 bits per heavy atom. The molecule has 1 aromatic carbocycles. The number of halogens is 1. The molecule has 2 heterocycles. The van der Waals surface area contributed by atoms with Gasteiger partial charge in [-0.15, -0.1) is 0 Å². The second kappa shape index (κ2) is 8.51. The molecule has 6 nitrogen and oxygen atoms in total. The lowest BCUT2D eigenvalue weighted by Crippen LogP contribution is -2.49. The Bertz CT molecular complexity index is 765. The number of hydrogen-bond acceptors (Lipinski definition) is 3. The van der Waals surface area contributed by atoms with Crippen LogP contribution in [0.5, 0.6) is 0 Å². The lowest BCUT2D eigenvalue weighted by Gasteiger charge is -2.35. The van der Waals surface area contributed by atoms with Crippen molar-refractivity contribution in [2.45, 2.75) is 58.0 Å². The van der Waals surface area contributed by atoms with Crippen molar-refractivity contribution >= 4 is 17.7 Å². The van der Waals surface area contributed by atoms with Crippen molar-refractivity contribution in [3.63, 3.8) is 0 Å². The average Bonchev–Trinajstić information content (AvgIpc) is 3.06. The second-order valence-corrected chi connectivity index (χ2v) is 9.05. The predicted molar refractivity (Wildman–Crippen MR) is 107 cm³/mol. The highest BCUT2D eigenvalue weighted by Gasteiger charge is 2.41. The number of nitrogens with one attached hydrogen (secondary N) is 1. The molecule has 0 saturated carbocycles. The van der Waals surface area contributed by atoms with Gasteiger partial charge in [-0.05, 0) is 51.3 Å². The van der Waals surface area contributed by atoms with Crippen molar-refractivity contribution in [3.8, 4) is 0 Å². The quantitative estimate of drug-likeness (QED) is 0.837. The number of nitrogens with zero attached hydrogens (tertiary/aromatic N) is 2. The van der Waals surface area contributed by atoms with E-state index in [1.54, 1.807) is 17.0 Å². The number of benzene rings is 1. The summed E-state index contributed by atoms with van der Waals surface area (Å²) in [6.45, 7) is 7.60. The van der Waals surface area contributed by atoms with Gasteiger partial charge in [0, 0.05) is 37.6 Å². The molecule has 29 heavy (non-hydrogen) atoms. The van der Waals surface area contributed by atoms with Crippen molar-refractivity contribution in [3.05, 3.63) is 35.6 Å². The smallest absolute Gasteiger partial charge is 0.227 e. The van der Waals surface area contributed by atoms with Crippen molar-refractivity contribution in [1.29, 1.82) is 0 Å². The molecule has 0 aromatic heterocycles. The zero-order valence-electron chi connectivity index (χ0n) is 17.4. The maximum atomic E-state index is 13.0. The Kier molecular flexibility index (Phi) is 6.24. The van der Waals surface area contributed by atoms with E-state index in [9.17, 15) is 18.8 Å². The lowest BCUT2D eigenvalue weighted by molar-refractivity contribution is -0.137. The number of carbonyl (C=O) groups is 3. The summed E-state index contributed by atoms with van der Waals surface area (Å²) in [5.74, 6) is -0.601. The maximum Gasteiger partial charge on any atom is 0.227 e. The fourth-order valence-corrected chi connectivity index (χ4v) is 4.09. The summed E-state index contributed by atoms with van der Waals surface area (Å²) in [6, 6.07) is 5.95. The Morgan fingerprint density at radius 1 is 1.14 bits per heavy atom. The van der Waals surface area contributed by atoms with Gasteiger partial charge in [0.05, 0.1) is 12.3 Å². The minimum atomic E-state index is -0.319. The number of hydrogen-bond donors (Lipinski definition) is 1. The summed E-state index contributed by atoms with van der Waals surface area (Å²) in [4.78, 5) is 40.9. The molecule has 2 fully saturated rings. The Labute approximate surface area is 171 Å². The maximum absolute atomic E-state index is 13.0. The summed E-state index contributed by atoms with van der Waals surface area (Å²) in [5, 5.41) is 3.01. The molecular weight excluding hydrogens is 373 g/mol. The van der Waals surface area contributed by atoms with Crippen LogP contribution in [0.15, 0.2) is 24.3 Å². The molecule has 2 saturated heterocycles. The standard InChI is InChI=1S/C22H30FN3O3/c1-22(2,3)26-14-16(13-20(26)28)21(29)25-10-8-18(9-11-25)24-19(27)12-15-4-6-17(23)7-5-15/h4-7,16,18H,8-14H2,1-3H3,(H,24,27). The highest BCUT2D eigenvalue weighted by molar-refractivity contribution is 5.89. The molecule has 1 N–H and O–H groups in total. The summed E-state index contributed by atoms with van der Waals surface area (Å²) in [6.07, 6.45) is 1.89. The summed E-state index contributed by atoms with van der Waals surface area (Å²) < 4.78 is 13.0. The van der Waals surface area contributed by atoms with Crippen molar-refractivity contribution in [2.75, 3.05) is 19.6 Å².